The number of anilines is 2. The first kappa shape index (κ1) is 26.6. The number of ether oxygens (including phenoxy) is 1. The van der Waals surface area contributed by atoms with Gasteiger partial charge in [0.25, 0.3) is 0 Å². The predicted octanol–water partition coefficient (Wildman–Crippen LogP) is 4.23. The molecular weight excluding hydrogens is 517 g/mol. The summed E-state index contributed by atoms with van der Waals surface area (Å²) in [4.78, 5) is 45.3. The second kappa shape index (κ2) is 11.7. The van der Waals surface area contributed by atoms with Crippen LogP contribution in [0.3, 0.4) is 0 Å². The molecule has 0 aliphatic rings. The highest BCUT2D eigenvalue weighted by Crippen LogP contribution is 2.24. The number of hydrogen-bond acceptors (Lipinski definition) is 7. The molecular formula is C26H23ClFN5O5. The van der Waals surface area contributed by atoms with E-state index in [4.69, 9.17) is 16.3 Å². The van der Waals surface area contributed by atoms with Crippen LogP contribution < -0.4 is 21.4 Å². The van der Waals surface area contributed by atoms with Crippen LogP contribution >= 0.6 is 11.6 Å². The van der Waals surface area contributed by atoms with Crippen LogP contribution in [0.25, 0.3) is 0 Å². The first-order valence-electron chi connectivity index (χ1n) is 11.5. The molecule has 0 amide bonds. The highest BCUT2D eigenvalue weighted by Gasteiger charge is 2.19. The van der Waals surface area contributed by atoms with Gasteiger partial charge in [0.15, 0.2) is 0 Å². The molecule has 0 saturated carbocycles. The van der Waals surface area contributed by atoms with E-state index in [1.54, 1.807) is 54.6 Å². The van der Waals surface area contributed by atoms with Gasteiger partial charge >= 0.3 is 17.3 Å². The Bertz CT molecular complexity index is 1540. The summed E-state index contributed by atoms with van der Waals surface area (Å²) in [6.45, 7) is 0.462. The van der Waals surface area contributed by atoms with E-state index in [1.165, 1.54) is 23.8 Å². The molecule has 4 rings (SSSR count). The fourth-order valence-electron chi connectivity index (χ4n) is 3.47. The molecule has 10 nitrogen and oxygen atoms in total. The smallest absolute Gasteiger partial charge is 0.354 e. The molecule has 0 aliphatic carbocycles. The van der Waals surface area contributed by atoms with Crippen molar-refractivity contribution in [1.82, 2.24) is 19.1 Å². The van der Waals surface area contributed by atoms with E-state index in [9.17, 15) is 23.9 Å². The van der Waals surface area contributed by atoms with E-state index in [0.717, 1.165) is 4.57 Å². The molecule has 12 heteroatoms. The van der Waals surface area contributed by atoms with Crippen molar-refractivity contribution in [2.45, 2.75) is 26.7 Å². The molecule has 2 heterocycles. The fourth-order valence-corrected chi connectivity index (χ4v) is 3.60. The van der Waals surface area contributed by atoms with Gasteiger partial charge < -0.3 is 15.2 Å². The highest BCUT2D eigenvalue weighted by atomic mass is 35.5. The topological polar surface area (TPSA) is 128 Å². The Morgan fingerprint density at radius 3 is 2.34 bits per heavy atom. The van der Waals surface area contributed by atoms with Gasteiger partial charge in [0.1, 0.15) is 18.2 Å². The van der Waals surface area contributed by atoms with Gasteiger partial charge in [-0.05, 0) is 54.1 Å². The zero-order valence-electron chi connectivity index (χ0n) is 20.2. The number of aromatic nitrogens is 4. The lowest BCUT2D eigenvalue weighted by atomic mass is 10.2. The number of hydrogen-bond donors (Lipinski definition) is 2. The first-order valence-corrected chi connectivity index (χ1v) is 11.9. The van der Waals surface area contributed by atoms with Crippen LogP contribution in [0, 0.1) is 5.92 Å². The van der Waals surface area contributed by atoms with Crippen molar-refractivity contribution in [3.05, 3.63) is 104 Å². The van der Waals surface area contributed by atoms with Crippen molar-refractivity contribution >= 4 is 29.2 Å². The molecule has 1 atom stereocenters. The number of halogens is 2. The molecule has 0 saturated heterocycles. The van der Waals surface area contributed by atoms with Crippen LogP contribution in [0.1, 0.15) is 18.2 Å². The van der Waals surface area contributed by atoms with E-state index in [-0.39, 0.29) is 19.0 Å². The maximum absolute atomic E-state index is 13.3. The Kier molecular flexibility index (Phi) is 8.17. The van der Waals surface area contributed by atoms with Crippen molar-refractivity contribution < 1.29 is 19.0 Å². The third-order valence-corrected chi connectivity index (χ3v) is 5.81. The summed E-state index contributed by atoms with van der Waals surface area (Å²) in [6, 6.07) is 16.6. The van der Waals surface area contributed by atoms with Gasteiger partial charge in [-0.3, -0.25) is 14.3 Å². The molecule has 0 fully saturated rings. The zero-order valence-corrected chi connectivity index (χ0v) is 20.9. The van der Waals surface area contributed by atoms with Crippen LogP contribution in [0.4, 0.5) is 16.0 Å². The van der Waals surface area contributed by atoms with E-state index in [0.29, 0.717) is 33.5 Å². The second-order valence-corrected chi connectivity index (χ2v) is 8.87. The number of carboxylic acids is 1. The first-order chi connectivity index (χ1) is 18.2. The summed E-state index contributed by atoms with van der Waals surface area (Å²) >= 11 is 5.97. The van der Waals surface area contributed by atoms with Gasteiger partial charge in [-0.15, -0.1) is 0 Å². The number of aliphatic carboxylic acids is 1. The van der Waals surface area contributed by atoms with Crippen molar-refractivity contribution in [2.75, 3.05) is 5.32 Å². The monoisotopic (exact) mass is 539 g/mol. The van der Waals surface area contributed by atoms with Gasteiger partial charge in [0.05, 0.1) is 24.4 Å². The predicted molar refractivity (Wildman–Crippen MR) is 139 cm³/mol. The molecule has 4 aromatic rings. The van der Waals surface area contributed by atoms with Crippen LogP contribution in [0.5, 0.6) is 11.5 Å². The molecule has 196 valence electrons. The largest absolute Gasteiger partial charge is 0.481 e. The standard InChI is InChI=1S/C26H23ClFN5O5/c1-16(23(34)35)14-33-25(36)31-24(32(26(33)37)15-17-2-4-18(27)5-3-17)30-19-6-9-21(10-7-19)38-22-11-8-20(12-28)29-13-22/h2-11,13,16H,12,14-15H2,1H3,(H,34,35)(H,30,31,36)/t16-/m0/s1. The lowest BCUT2D eigenvalue weighted by molar-refractivity contribution is -0.141. The summed E-state index contributed by atoms with van der Waals surface area (Å²) in [5.74, 6) is -1.22. The molecule has 2 aromatic carbocycles. The van der Waals surface area contributed by atoms with Gasteiger partial charge in [0, 0.05) is 17.3 Å². The maximum atomic E-state index is 13.3. The van der Waals surface area contributed by atoms with Crippen LogP contribution in [-0.4, -0.2) is 30.2 Å². The average molecular weight is 540 g/mol. The summed E-state index contributed by atoms with van der Waals surface area (Å²) in [5.41, 5.74) is -0.0553. The molecule has 0 aliphatic heterocycles. The quantitative estimate of drug-likeness (QED) is 0.306. The van der Waals surface area contributed by atoms with Crippen LogP contribution in [-0.2, 0) is 24.6 Å². The summed E-state index contributed by atoms with van der Waals surface area (Å²) in [7, 11) is 0. The summed E-state index contributed by atoms with van der Waals surface area (Å²) in [6.07, 6.45) is 1.42. The summed E-state index contributed by atoms with van der Waals surface area (Å²) < 4.78 is 20.4. The van der Waals surface area contributed by atoms with Gasteiger partial charge in [-0.25, -0.2) is 18.5 Å². The number of alkyl halides is 1. The number of carboxylic acid groups (broad SMARTS) is 1. The third-order valence-electron chi connectivity index (χ3n) is 5.56. The maximum Gasteiger partial charge on any atom is 0.354 e. The Balaban J connectivity index is 1.63. The lowest BCUT2D eigenvalue weighted by Crippen LogP contribution is -2.44. The van der Waals surface area contributed by atoms with E-state index >= 15 is 0 Å². The van der Waals surface area contributed by atoms with Gasteiger partial charge in [-0.2, -0.15) is 4.98 Å². The minimum absolute atomic E-state index is 0.0196. The Hall–Kier alpha value is -4.51. The van der Waals surface area contributed by atoms with Gasteiger partial charge in [0.2, 0.25) is 5.95 Å². The number of carbonyl (C=O) groups is 1. The Labute approximate surface area is 221 Å². The van der Waals surface area contributed by atoms with Crippen molar-refractivity contribution in [3.63, 3.8) is 0 Å². The van der Waals surface area contributed by atoms with E-state index < -0.39 is 29.9 Å². The molecule has 0 radical (unpaired) electrons. The highest BCUT2D eigenvalue weighted by molar-refractivity contribution is 6.30. The molecule has 0 spiro atoms. The SMILES string of the molecule is C[C@@H](Cn1c(=O)nc(Nc2ccc(Oc3ccc(CF)nc3)cc2)n(Cc2ccc(Cl)cc2)c1=O)C(=O)O. The molecule has 0 unspecified atom stereocenters. The normalized spacial score (nSPS) is 11.7. The number of benzene rings is 2. The Morgan fingerprint density at radius 2 is 1.74 bits per heavy atom. The van der Waals surface area contributed by atoms with Crippen LogP contribution in [0.2, 0.25) is 5.02 Å². The van der Waals surface area contributed by atoms with Gasteiger partial charge in [-0.1, -0.05) is 30.7 Å². The third kappa shape index (κ3) is 6.43. The zero-order chi connectivity index (χ0) is 27.2. The molecule has 38 heavy (non-hydrogen) atoms. The fraction of sp³-hybridized carbons (Fsp3) is 0.192. The van der Waals surface area contributed by atoms with Crippen LogP contribution in [0.15, 0.2) is 76.4 Å². The molecule has 2 aromatic heterocycles. The minimum Gasteiger partial charge on any atom is -0.481 e. The summed E-state index contributed by atoms with van der Waals surface area (Å²) in [5, 5.41) is 12.8. The minimum atomic E-state index is -1.14. The van der Waals surface area contributed by atoms with Crippen molar-refractivity contribution in [3.8, 4) is 11.5 Å². The van der Waals surface area contributed by atoms with E-state index in [2.05, 4.69) is 15.3 Å². The number of pyridine rings is 1. The number of rotatable bonds is 10. The Morgan fingerprint density at radius 1 is 1.05 bits per heavy atom. The van der Waals surface area contributed by atoms with Crippen molar-refractivity contribution in [1.29, 1.82) is 0 Å². The molecule has 0 bridgehead atoms. The van der Waals surface area contributed by atoms with Crippen molar-refractivity contribution in [2.24, 2.45) is 5.92 Å². The van der Waals surface area contributed by atoms with E-state index in [1.807, 2.05) is 0 Å². The second-order valence-electron chi connectivity index (χ2n) is 8.43. The molecule has 2 N–H and O–H groups in total. The number of nitrogens with zero attached hydrogens (tertiary/aromatic N) is 4. The number of nitrogens with one attached hydrogen (secondary N) is 1. The average Bonchev–Trinajstić information content (AvgIpc) is 2.91. The lowest BCUT2D eigenvalue weighted by Gasteiger charge is -2.17.